The molecule has 9 heteroatoms. The number of aliphatic hydroxyl groups is 1. The van der Waals surface area contributed by atoms with Crippen molar-refractivity contribution in [3.05, 3.63) is 55.5 Å². The number of nitrogens with one attached hydrogen (secondary N) is 1. The zero-order chi connectivity index (χ0) is 23.3. The van der Waals surface area contributed by atoms with Crippen molar-refractivity contribution >= 4 is 22.8 Å². The zero-order valence-corrected chi connectivity index (χ0v) is 19.9. The van der Waals surface area contributed by atoms with E-state index in [0.717, 1.165) is 48.1 Å². The second-order valence-corrected chi connectivity index (χ2v) is 10.2. The number of fused-ring (bicyclic) bond motifs is 1. The summed E-state index contributed by atoms with van der Waals surface area (Å²) in [5, 5.41) is 11.5. The van der Waals surface area contributed by atoms with Crippen molar-refractivity contribution in [2.75, 3.05) is 12.4 Å². The molecule has 0 saturated heterocycles. The van der Waals surface area contributed by atoms with Gasteiger partial charge >= 0.3 is 5.69 Å². The molecule has 33 heavy (non-hydrogen) atoms. The fraction of sp³-hybridized carbons (Fsp3) is 0.500. The number of aliphatic hydroxyl groups excluding tert-OH is 1. The summed E-state index contributed by atoms with van der Waals surface area (Å²) in [7, 11) is 0. The van der Waals surface area contributed by atoms with Crippen LogP contribution in [0.15, 0.2) is 26.7 Å². The van der Waals surface area contributed by atoms with Crippen LogP contribution in [0.1, 0.15) is 60.2 Å². The highest BCUT2D eigenvalue weighted by Gasteiger charge is 2.32. The minimum absolute atomic E-state index is 0.0800. The summed E-state index contributed by atoms with van der Waals surface area (Å²) >= 11 is 1.31. The average Bonchev–Trinajstić information content (AvgIpc) is 3.67. The number of aryl methyl sites for hydroxylation is 2. The third-order valence-corrected chi connectivity index (χ3v) is 7.45. The van der Waals surface area contributed by atoms with E-state index in [2.05, 4.69) is 21.0 Å². The van der Waals surface area contributed by atoms with E-state index in [1.54, 1.807) is 4.57 Å². The molecule has 2 aliphatic rings. The standard InChI is InChI=1S/C24H28N4O4S/c1-12-4-5-13(2)19(14(12)3)32-10-17(29)11-33-23-18-21(25-20(26-23)15-6-7-15)28(16-8-9-16)24(31)27-22(18)30/h4-5,15-17,29H,6-11H2,1-3H3,(H,27,30,31)/t17-/m1/s1. The van der Waals surface area contributed by atoms with E-state index in [9.17, 15) is 14.7 Å². The van der Waals surface area contributed by atoms with Crippen molar-refractivity contribution in [1.29, 1.82) is 0 Å². The van der Waals surface area contributed by atoms with Crippen LogP contribution < -0.4 is 16.0 Å². The van der Waals surface area contributed by atoms with Gasteiger partial charge in [-0.3, -0.25) is 14.3 Å². The van der Waals surface area contributed by atoms with Gasteiger partial charge in [0.1, 0.15) is 28.6 Å². The van der Waals surface area contributed by atoms with Crippen LogP contribution in [0.2, 0.25) is 0 Å². The molecule has 8 nitrogen and oxygen atoms in total. The van der Waals surface area contributed by atoms with Gasteiger partial charge in [0.2, 0.25) is 0 Å². The Kier molecular flexibility index (Phi) is 5.78. The van der Waals surface area contributed by atoms with Gasteiger partial charge in [-0.1, -0.05) is 12.1 Å². The van der Waals surface area contributed by atoms with E-state index in [1.807, 2.05) is 26.8 Å². The Morgan fingerprint density at radius 2 is 1.88 bits per heavy atom. The SMILES string of the molecule is Cc1ccc(C)c(OC[C@@H](O)CSc2nc(C3CC3)nc3c2c(=O)[nH]c(=O)n3C2CC2)c1C. The van der Waals surface area contributed by atoms with Crippen LogP contribution in [0.25, 0.3) is 11.0 Å². The van der Waals surface area contributed by atoms with Gasteiger partial charge in [0.05, 0.1) is 6.10 Å². The number of rotatable bonds is 8. The quantitative estimate of drug-likeness (QED) is 0.386. The highest BCUT2D eigenvalue weighted by Crippen LogP contribution is 2.41. The maximum absolute atomic E-state index is 12.7. The lowest BCUT2D eigenvalue weighted by atomic mass is 10.1. The highest BCUT2D eigenvalue weighted by atomic mass is 32.2. The fourth-order valence-electron chi connectivity index (χ4n) is 3.98. The summed E-state index contributed by atoms with van der Waals surface area (Å²) in [6.45, 7) is 6.17. The molecule has 0 radical (unpaired) electrons. The summed E-state index contributed by atoms with van der Waals surface area (Å²) in [5.41, 5.74) is 2.76. The number of benzene rings is 1. The Hall–Kier alpha value is -2.65. The lowest BCUT2D eigenvalue weighted by Gasteiger charge is -2.17. The first-order valence-corrected chi connectivity index (χ1v) is 12.4. The van der Waals surface area contributed by atoms with Gasteiger partial charge < -0.3 is 9.84 Å². The third-order valence-electron chi connectivity index (χ3n) is 6.33. The minimum Gasteiger partial charge on any atom is -0.490 e. The Labute approximate surface area is 195 Å². The van der Waals surface area contributed by atoms with Crippen molar-refractivity contribution in [2.24, 2.45) is 0 Å². The minimum atomic E-state index is -0.753. The van der Waals surface area contributed by atoms with E-state index in [4.69, 9.17) is 4.74 Å². The maximum Gasteiger partial charge on any atom is 0.330 e. The van der Waals surface area contributed by atoms with E-state index in [1.165, 1.54) is 11.8 Å². The lowest BCUT2D eigenvalue weighted by molar-refractivity contribution is 0.125. The first kappa shape index (κ1) is 22.2. The van der Waals surface area contributed by atoms with E-state index < -0.39 is 17.4 Å². The summed E-state index contributed by atoms with van der Waals surface area (Å²) in [4.78, 5) is 37.0. The first-order chi connectivity index (χ1) is 15.8. The van der Waals surface area contributed by atoms with Gasteiger partial charge in [-0.05, 0) is 63.1 Å². The van der Waals surface area contributed by atoms with Crippen molar-refractivity contribution in [3.8, 4) is 5.75 Å². The molecular weight excluding hydrogens is 440 g/mol. The molecular formula is C24H28N4O4S. The summed E-state index contributed by atoms with van der Waals surface area (Å²) in [6.07, 6.45) is 3.08. The van der Waals surface area contributed by atoms with Gasteiger partial charge in [0.25, 0.3) is 5.56 Å². The van der Waals surface area contributed by atoms with Crippen molar-refractivity contribution in [2.45, 2.75) is 69.5 Å². The molecule has 2 aliphatic carbocycles. The summed E-state index contributed by atoms with van der Waals surface area (Å²) < 4.78 is 7.56. The molecule has 0 unspecified atom stereocenters. The molecule has 2 fully saturated rings. The second kappa shape index (κ2) is 8.61. The zero-order valence-electron chi connectivity index (χ0n) is 19.1. The Bertz CT molecular complexity index is 1340. The van der Waals surface area contributed by atoms with Crippen molar-refractivity contribution in [3.63, 3.8) is 0 Å². The first-order valence-electron chi connectivity index (χ1n) is 11.4. The number of hydrogen-bond donors (Lipinski definition) is 2. The van der Waals surface area contributed by atoms with Crippen LogP contribution in [-0.2, 0) is 0 Å². The maximum atomic E-state index is 12.7. The number of ether oxygens (including phenoxy) is 1. The Morgan fingerprint density at radius 1 is 1.15 bits per heavy atom. The highest BCUT2D eigenvalue weighted by molar-refractivity contribution is 7.99. The largest absolute Gasteiger partial charge is 0.490 e. The van der Waals surface area contributed by atoms with Crippen LogP contribution >= 0.6 is 11.8 Å². The molecule has 2 saturated carbocycles. The molecule has 2 heterocycles. The molecule has 0 spiro atoms. The van der Waals surface area contributed by atoms with Crippen molar-refractivity contribution in [1.82, 2.24) is 19.5 Å². The molecule has 2 aromatic heterocycles. The molecule has 0 aliphatic heterocycles. The van der Waals surface area contributed by atoms with Gasteiger partial charge in [-0.2, -0.15) is 0 Å². The lowest BCUT2D eigenvalue weighted by Crippen LogP contribution is -2.31. The van der Waals surface area contributed by atoms with Gasteiger partial charge in [0, 0.05) is 17.7 Å². The van der Waals surface area contributed by atoms with Crippen LogP contribution in [0.5, 0.6) is 5.75 Å². The second-order valence-electron chi connectivity index (χ2n) is 9.15. The number of thioether (sulfide) groups is 1. The number of hydrogen-bond acceptors (Lipinski definition) is 7. The molecule has 2 N–H and O–H groups in total. The third kappa shape index (κ3) is 4.44. The molecule has 174 valence electrons. The van der Waals surface area contributed by atoms with Gasteiger partial charge in [-0.15, -0.1) is 11.8 Å². The molecule has 5 rings (SSSR count). The summed E-state index contributed by atoms with van der Waals surface area (Å²) in [5.74, 6) is 2.06. The average molecular weight is 469 g/mol. The van der Waals surface area contributed by atoms with Crippen LogP contribution in [0.4, 0.5) is 0 Å². The number of nitrogens with zero attached hydrogens (tertiary/aromatic N) is 3. The van der Waals surface area contributed by atoms with Gasteiger partial charge in [0.15, 0.2) is 5.65 Å². The molecule has 0 bridgehead atoms. The van der Waals surface area contributed by atoms with Crippen molar-refractivity contribution < 1.29 is 9.84 Å². The van der Waals surface area contributed by atoms with E-state index in [0.29, 0.717) is 27.6 Å². The summed E-state index contributed by atoms with van der Waals surface area (Å²) in [6, 6.07) is 4.15. The normalized spacial score (nSPS) is 16.8. The van der Waals surface area contributed by atoms with Crippen LogP contribution in [0.3, 0.4) is 0 Å². The smallest absolute Gasteiger partial charge is 0.330 e. The predicted octanol–water partition coefficient (Wildman–Crippen LogP) is 3.15. The van der Waals surface area contributed by atoms with Gasteiger partial charge in [-0.25, -0.2) is 14.8 Å². The van der Waals surface area contributed by atoms with E-state index in [-0.39, 0.29) is 18.6 Å². The van der Waals surface area contributed by atoms with Crippen LogP contribution in [0, 0.1) is 20.8 Å². The number of aromatic amines is 1. The monoisotopic (exact) mass is 468 g/mol. The van der Waals surface area contributed by atoms with E-state index >= 15 is 0 Å². The number of H-pyrrole nitrogens is 1. The Balaban J connectivity index is 1.40. The topological polar surface area (TPSA) is 110 Å². The molecule has 1 aromatic carbocycles. The predicted molar refractivity (Wildman–Crippen MR) is 128 cm³/mol. The fourth-order valence-corrected chi connectivity index (χ4v) is 4.92. The van der Waals surface area contributed by atoms with Crippen LogP contribution in [-0.4, -0.2) is 43.1 Å². The number of aromatic nitrogens is 4. The molecule has 0 amide bonds. The molecule has 1 atom stereocenters. The molecule has 3 aromatic rings. The Morgan fingerprint density at radius 3 is 2.58 bits per heavy atom.